The molecule has 5 aromatic carbocycles. The zero-order valence-electron chi connectivity index (χ0n) is 25.2. The maximum absolute atomic E-state index is 6.56. The fourth-order valence-electron chi connectivity index (χ4n) is 6.17. The molecule has 0 aliphatic carbocycles. The van der Waals surface area contributed by atoms with Gasteiger partial charge in [-0.1, -0.05) is 124 Å². The summed E-state index contributed by atoms with van der Waals surface area (Å²) in [4.78, 5) is 5.34. The summed E-state index contributed by atoms with van der Waals surface area (Å²) >= 11 is 0. The molecule has 7 aromatic rings. The number of nitrogens with zero attached hydrogens (tertiary/aromatic N) is 2. The number of hydrogen-bond acceptors (Lipinski definition) is 2. The molecule has 7 rings (SSSR count). The first-order valence-corrected chi connectivity index (χ1v) is 21.7. The van der Waals surface area contributed by atoms with Gasteiger partial charge in [-0.15, -0.1) is 0 Å². The van der Waals surface area contributed by atoms with Gasteiger partial charge in [-0.3, -0.25) is 4.57 Å². The Hall–Kier alpha value is -4.20. The summed E-state index contributed by atoms with van der Waals surface area (Å²) in [5, 5.41) is 5.18. The molecule has 0 amide bonds. The van der Waals surface area contributed by atoms with E-state index < -0.39 is 16.1 Å². The van der Waals surface area contributed by atoms with Crippen LogP contribution in [0.1, 0.15) is 0 Å². The molecule has 42 heavy (non-hydrogen) atoms. The molecular weight excluding hydrogens is 545 g/mol. The van der Waals surface area contributed by atoms with Gasteiger partial charge in [0.05, 0.1) is 32.7 Å². The van der Waals surface area contributed by atoms with Crippen molar-refractivity contribution in [3.05, 3.63) is 109 Å². The predicted octanol–water partition coefficient (Wildman–Crippen LogP) is 9.35. The average molecular weight is 581 g/mol. The second-order valence-corrected chi connectivity index (χ2v) is 23.4. The van der Waals surface area contributed by atoms with Crippen LogP contribution in [0.2, 0.25) is 39.3 Å². The summed E-state index contributed by atoms with van der Waals surface area (Å²) in [6.07, 6.45) is 0. The fourth-order valence-corrected chi connectivity index (χ4v) is 9.39. The lowest BCUT2D eigenvalue weighted by molar-refractivity contribution is 0.669. The molecule has 2 heterocycles. The van der Waals surface area contributed by atoms with Gasteiger partial charge in [0.2, 0.25) is 0 Å². The normalized spacial score (nSPS) is 12.5. The van der Waals surface area contributed by atoms with Crippen molar-refractivity contribution in [3.63, 3.8) is 0 Å². The highest BCUT2D eigenvalue weighted by atomic mass is 28.3. The van der Waals surface area contributed by atoms with E-state index in [1.807, 2.05) is 6.07 Å². The van der Waals surface area contributed by atoms with Crippen molar-refractivity contribution in [2.75, 3.05) is 0 Å². The Morgan fingerprint density at radius 3 is 1.93 bits per heavy atom. The quantitative estimate of drug-likeness (QED) is 0.190. The number of imidazole rings is 1. The van der Waals surface area contributed by atoms with Gasteiger partial charge in [0.15, 0.2) is 0 Å². The maximum Gasteiger partial charge on any atom is 0.149 e. The van der Waals surface area contributed by atoms with E-state index >= 15 is 0 Å². The largest absolute Gasteiger partial charge is 0.455 e. The van der Waals surface area contributed by atoms with Gasteiger partial charge in [-0.05, 0) is 45.8 Å². The van der Waals surface area contributed by atoms with Gasteiger partial charge in [-0.2, -0.15) is 0 Å². The van der Waals surface area contributed by atoms with Crippen LogP contribution in [0.15, 0.2) is 114 Å². The van der Waals surface area contributed by atoms with E-state index in [-0.39, 0.29) is 0 Å². The average Bonchev–Trinajstić information content (AvgIpc) is 3.55. The van der Waals surface area contributed by atoms with Crippen molar-refractivity contribution in [1.29, 1.82) is 0 Å². The zero-order valence-corrected chi connectivity index (χ0v) is 27.2. The summed E-state index contributed by atoms with van der Waals surface area (Å²) in [5.74, 6) is 0.937. The summed E-state index contributed by atoms with van der Waals surface area (Å²) in [6, 6.07) is 39.1. The number of hydrogen-bond donors (Lipinski definition) is 0. The number of fused-ring (bicyclic) bond motifs is 4. The van der Waals surface area contributed by atoms with E-state index in [1.54, 1.807) is 0 Å². The molecule has 0 saturated carbocycles. The van der Waals surface area contributed by atoms with Crippen LogP contribution in [0.4, 0.5) is 0 Å². The molecule has 0 radical (unpaired) electrons. The fraction of sp³-hybridized carbons (Fsp3) is 0.162. The van der Waals surface area contributed by atoms with Crippen LogP contribution in [-0.4, -0.2) is 25.7 Å². The molecule has 208 valence electrons. The Morgan fingerprint density at radius 2 is 1.21 bits per heavy atom. The molecule has 0 aliphatic heterocycles. The maximum atomic E-state index is 6.56. The third-order valence-electron chi connectivity index (χ3n) is 8.26. The smallest absolute Gasteiger partial charge is 0.149 e. The highest BCUT2D eigenvalue weighted by Gasteiger charge is 2.32. The van der Waals surface area contributed by atoms with Gasteiger partial charge >= 0.3 is 0 Å². The molecule has 5 heteroatoms. The van der Waals surface area contributed by atoms with Crippen molar-refractivity contribution in [2.45, 2.75) is 39.3 Å². The van der Waals surface area contributed by atoms with E-state index in [1.165, 1.54) is 27.2 Å². The number of benzene rings is 5. The first-order chi connectivity index (χ1) is 20.1. The van der Waals surface area contributed by atoms with E-state index in [2.05, 4.69) is 147 Å². The van der Waals surface area contributed by atoms with Gasteiger partial charge in [-0.25, -0.2) is 4.98 Å². The molecule has 0 atom stereocenters. The molecule has 0 spiro atoms. The van der Waals surface area contributed by atoms with E-state index in [0.717, 1.165) is 44.4 Å². The number of para-hydroxylation sites is 4. The number of aromatic nitrogens is 2. The molecule has 0 saturated heterocycles. The van der Waals surface area contributed by atoms with Gasteiger partial charge in [0.25, 0.3) is 0 Å². The molecule has 0 N–H and O–H groups in total. The van der Waals surface area contributed by atoms with Crippen LogP contribution in [0.3, 0.4) is 0 Å². The van der Waals surface area contributed by atoms with E-state index in [0.29, 0.717) is 0 Å². The third kappa shape index (κ3) is 4.35. The topological polar surface area (TPSA) is 31.0 Å². The lowest BCUT2D eigenvalue weighted by Gasteiger charge is -2.31. The Labute approximate surface area is 249 Å². The molecule has 0 bridgehead atoms. The van der Waals surface area contributed by atoms with Crippen molar-refractivity contribution >= 4 is 59.5 Å². The second kappa shape index (κ2) is 9.68. The first kappa shape index (κ1) is 26.7. The predicted molar refractivity (Wildman–Crippen MR) is 185 cm³/mol. The summed E-state index contributed by atoms with van der Waals surface area (Å²) in [5.41, 5.74) is 8.84. The number of furan rings is 1. The van der Waals surface area contributed by atoms with E-state index in [9.17, 15) is 0 Å². The van der Waals surface area contributed by atoms with Gasteiger partial charge < -0.3 is 4.42 Å². The van der Waals surface area contributed by atoms with Crippen LogP contribution >= 0.6 is 0 Å². The molecular formula is C37H36N2OSi2. The van der Waals surface area contributed by atoms with Crippen molar-refractivity contribution in [2.24, 2.45) is 0 Å². The third-order valence-corrected chi connectivity index (χ3v) is 12.3. The number of rotatable bonds is 5. The van der Waals surface area contributed by atoms with Gasteiger partial charge in [0.1, 0.15) is 17.0 Å². The van der Waals surface area contributed by atoms with E-state index in [4.69, 9.17) is 9.40 Å². The Morgan fingerprint density at radius 1 is 0.595 bits per heavy atom. The Balaban J connectivity index is 1.63. The van der Waals surface area contributed by atoms with Crippen LogP contribution < -0.4 is 10.4 Å². The summed E-state index contributed by atoms with van der Waals surface area (Å²) < 4.78 is 9.03. The van der Waals surface area contributed by atoms with Gasteiger partial charge in [0, 0.05) is 16.5 Å². The van der Waals surface area contributed by atoms with Crippen molar-refractivity contribution in [1.82, 2.24) is 9.55 Å². The SMILES string of the molecule is C[Si](C)(C)c1cc(-c2ccccc2)cc([Si](C)(C)C)c1-n1c(-c2cccc3c2oc2ccccc23)nc2ccccc21. The summed E-state index contributed by atoms with van der Waals surface area (Å²) in [6.45, 7) is 14.8. The standard InChI is InChI=1S/C37H36N2OSi2/c1-41(2,3)33-23-26(25-15-8-7-9-16-25)24-34(42(4,5)6)35(33)39-31-21-12-11-20-30(31)38-37(39)29-19-14-18-28-27-17-10-13-22-32(27)40-36(28)29/h7-24H,1-6H3. The van der Waals surface area contributed by atoms with Crippen molar-refractivity contribution < 1.29 is 4.42 Å². The van der Waals surface area contributed by atoms with Crippen LogP contribution in [-0.2, 0) is 0 Å². The Kier molecular flexibility index (Phi) is 6.15. The lowest BCUT2D eigenvalue weighted by atomic mass is 10.0. The highest BCUT2D eigenvalue weighted by molar-refractivity contribution is 6.93. The second-order valence-electron chi connectivity index (χ2n) is 13.3. The highest BCUT2D eigenvalue weighted by Crippen LogP contribution is 2.38. The minimum Gasteiger partial charge on any atom is -0.455 e. The van der Waals surface area contributed by atoms with Crippen molar-refractivity contribution in [3.8, 4) is 28.2 Å². The van der Waals surface area contributed by atoms with Crippen LogP contribution in [0, 0.1) is 0 Å². The molecule has 0 unspecified atom stereocenters. The molecule has 2 aromatic heterocycles. The van der Waals surface area contributed by atoms with Crippen LogP contribution in [0.25, 0.3) is 61.2 Å². The lowest BCUT2D eigenvalue weighted by Crippen LogP contribution is -2.49. The molecule has 3 nitrogen and oxygen atoms in total. The minimum absolute atomic E-state index is 0.889. The zero-order chi connectivity index (χ0) is 29.2. The minimum atomic E-state index is -1.85. The monoisotopic (exact) mass is 580 g/mol. The first-order valence-electron chi connectivity index (χ1n) is 14.7. The van der Waals surface area contributed by atoms with Crippen LogP contribution in [0.5, 0.6) is 0 Å². The Bertz CT molecular complexity index is 2070. The molecule has 0 aliphatic rings. The summed E-state index contributed by atoms with van der Waals surface area (Å²) in [7, 11) is -3.70. The molecule has 0 fully saturated rings.